The maximum absolute atomic E-state index is 10.4. The van der Waals surface area contributed by atoms with Gasteiger partial charge in [-0.25, -0.2) is 0 Å². The smallest absolute Gasteiger partial charge is 0.165 e. The van der Waals surface area contributed by atoms with Crippen LogP contribution in [0.5, 0.6) is 11.5 Å². The molecule has 4 heteroatoms. The topological polar surface area (TPSA) is 50.7 Å². The third-order valence-electron chi connectivity index (χ3n) is 4.24. The van der Waals surface area contributed by atoms with Gasteiger partial charge < -0.3 is 19.9 Å². The van der Waals surface area contributed by atoms with E-state index in [1.165, 1.54) is 12.8 Å². The summed E-state index contributed by atoms with van der Waals surface area (Å²) in [5.74, 6) is 1.47. The second kappa shape index (κ2) is 7.14. The summed E-state index contributed by atoms with van der Waals surface area (Å²) < 4.78 is 11.4. The third kappa shape index (κ3) is 4.35. The Kier molecular flexibility index (Phi) is 5.48. The predicted octanol–water partition coefficient (Wildman–Crippen LogP) is 2.88. The Hall–Kier alpha value is -1.26. The Morgan fingerprint density at radius 3 is 2.57 bits per heavy atom. The second-order valence-electron chi connectivity index (χ2n) is 5.82. The molecule has 2 N–H and O–H groups in total. The molecule has 0 atom stereocenters. The van der Waals surface area contributed by atoms with Crippen molar-refractivity contribution in [2.75, 3.05) is 13.7 Å². The minimum atomic E-state index is -0.776. The van der Waals surface area contributed by atoms with Crippen LogP contribution in [-0.2, 0) is 6.54 Å². The molecule has 0 aromatic heterocycles. The summed E-state index contributed by atoms with van der Waals surface area (Å²) in [7, 11) is 1.64. The van der Waals surface area contributed by atoms with Crippen molar-refractivity contribution in [3.05, 3.63) is 23.8 Å². The van der Waals surface area contributed by atoms with E-state index in [0.717, 1.165) is 23.6 Å². The first-order chi connectivity index (χ1) is 10.1. The fourth-order valence-electron chi connectivity index (χ4n) is 2.23. The highest BCUT2D eigenvalue weighted by atomic mass is 16.5. The Labute approximate surface area is 127 Å². The molecule has 0 saturated heterocycles. The number of para-hydroxylation sites is 1. The zero-order valence-electron chi connectivity index (χ0n) is 13.3. The molecule has 1 aliphatic carbocycles. The van der Waals surface area contributed by atoms with E-state index >= 15 is 0 Å². The van der Waals surface area contributed by atoms with Crippen LogP contribution >= 0.6 is 0 Å². The van der Waals surface area contributed by atoms with Gasteiger partial charge in [0.1, 0.15) is 6.61 Å². The second-order valence-corrected chi connectivity index (χ2v) is 5.82. The quantitative estimate of drug-likeness (QED) is 0.735. The number of ether oxygens (including phenoxy) is 2. The average molecular weight is 293 g/mol. The minimum absolute atomic E-state index is 0.288. The van der Waals surface area contributed by atoms with Crippen LogP contribution in [-0.4, -0.2) is 30.5 Å². The van der Waals surface area contributed by atoms with Crippen molar-refractivity contribution >= 4 is 0 Å². The minimum Gasteiger partial charge on any atom is -0.493 e. The van der Waals surface area contributed by atoms with E-state index in [2.05, 4.69) is 5.32 Å². The summed E-state index contributed by atoms with van der Waals surface area (Å²) in [4.78, 5) is 0. The van der Waals surface area contributed by atoms with Gasteiger partial charge >= 0.3 is 0 Å². The standard InChI is InChI=1S/C17H27NO3/c1-4-17(19,5-2)12-21-16-13(11-18-14-9-10-14)7-6-8-15(16)20-3/h6-8,14,18-19H,4-5,9-12H2,1-3H3. The van der Waals surface area contributed by atoms with Gasteiger partial charge in [0.2, 0.25) is 0 Å². The summed E-state index contributed by atoms with van der Waals surface area (Å²) in [6, 6.07) is 6.56. The third-order valence-corrected chi connectivity index (χ3v) is 4.24. The number of hydrogen-bond donors (Lipinski definition) is 2. The van der Waals surface area contributed by atoms with E-state index in [-0.39, 0.29) is 6.61 Å². The van der Waals surface area contributed by atoms with Crippen LogP contribution in [0.3, 0.4) is 0 Å². The van der Waals surface area contributed by atoms with Crippen LogP contribution in [0.2, 0.25) is 0 Å². The highest BCUT2D eigenvalue weighted by Gasteiger charge is 2.25. The van der Waals surface area contributed by atoms with E-state index in [1.54, 1.807) is 7.11 Å². The fourth-order valence-corrected chi connectivity index (χ4v) is 2.23. The highest BCUT2D eigenvalue weighted by Crippen LogP contribution is 2.33. The summed E-state index contributed by atoms with van der Waals surface area (Å²) in [6.07, 6.45) is 3.86. The van der Waals surface area contributed by atoms with Gasteiger partial charge in [-0.2, -0.15) is 0 Å². The maximum Gasteiger partial charge on any atom is 0.165 e. The lowest BCUT2D eigenvalue weighted by molar-refractivity contribution is -0.0122. The molecule has 118 valence electrons. The van der Waals surface area contributed by atoms with Gasteiger partial charge in [-0.3, -0.25) is 0 Å². The Bertz CT molecular complexity index is 453. The molecule has 1 fully saturated rings. The molecule has 0 aliphatic heterocycles. The van der Waals surface area contributed by atoms with E-state index < -0.39 is 5.60 Å². The molecule has 4 nitrogen and oxygen atoms in total. The molecule has 0 spiro atoms. The van der Waals surface area contributed by atoms with Crippen LogP contribution in [0, 0.1) is 0 Å². The van der Waals surface area contributed by atoms with Crippen LogP contribution in [0.15, 0.2) is 18.2 Å². The number of methoxy groups -OCH3 is 1. The van der Waals surface area contributed by atoms with Crippen molar-refractivity contribution in [1.29, 1.82) is 0 Å². The first kappa shape index (κ1) is 16.1. The van der Waals surface area contributed by atoms with Gasteiger partial charge in [-0.05, 0) is 31.7 Å². The van der Waals surface area contributed by atoms with E-state index in [4.69, 9.17) is 9.47 Å². The molecule has 0 heterocycles. The average Bonchev–Trinajstić information content (AvgIpc) is 3.35. The molecular formula is C17H27NO3. The Morgan fingerprint density at radius 1 is 1.29 bits per heavy atom. The highest BCUT2D eigenvalue weighted by molar-refractivity contribution is 5.46. The lowest BCUT2D eigenvalue weighted by atomic mass is 9.99. The van der Waals surface area contributed by atoms with Gasteiger partial charge in [-0.1, -0.05) is 26.0 Å². The number of hydrogen-bond acceptors (Lipinski definition) is 4. The lowest BCUT2D eigenvalue weighted by Gasteiger charge is -2.26. The van der Waals surface area contributed by atoms with Crippen molar-refractivity contribution < 1.29 is 14.6 Å². The fraction of sp³-hybridized carbons (Fsp3) is 0.647. The van der Waals surface area contributed by atoms with E-state index in [0.29, 0.717) is 18.9 Å². The Morgan fingerprint density at radius 2 is 2.00 bits per heavy atom. The summed E-state index contributed by atoms with van der Waals surface area (Å²) in [5.41, 5.74) is 0.304. The normalized spacial score (nSPS) is 15.0. The number of rotatable bonds is 9. The van der Waals surface area contributed by atoms with Crippen molar-refractivity contribution in [3.63, 3.8) is 0 Å². The molecule has 1 aliphatic rings. The summed E-state index contributed by atoms with van der Waals surface area (Å²) >= 11 is 0. The van der Waals surface area contributed by atoms with Gasteiger partial charge in [0.15, 0.2) is 11.5 Å². The molecular weight excluding hydrogens is 266 g/mol. The number of aliphatic hydroxyl groups is 1. The molecule has 0 radical (unpaired) electrons. The molecule has 0 bridgehead atoms. The summed E-state index contributed by atoms with van der Waals surface area (Å²) in [6.45, 7) is 5.01. The van der Waals surface area contributed by atoms with Gasteiger partial charge in [0.25, 0.3) is 0 Å². The molecule has 2 rings (SSSR count). The zero-order chi connectivity index (χ0) is 15.3. The molecule has 1 saturated carbocycles. The molecule has 1 aromatic carbocycles. The van der Waals surface area contributed by atoms with Crippen molar-refractivity contribution in [3.8, 4) is 11.5 Å². The lowest BCUT2D eigenvalue weighted by Crippen LogP contribution is -2.34. The largest absolute Gasteiger partial charge is 0.493 e. The number of benzene rings is 1. The Balaban J connectivity index is 2.10. The molecule has 0 unspecified atom stereocenters. The SMILES string of the molecule is CCC(O)(CC)COc1c(CNC2CC2)cccc1OC. The van der Waals surface area contributed by atoms with Gasteiger partial charge in [-0.15, -0.1) is 0 Å². The first-order valence-electron chi connectivity index (χ1n) is 7.86. The molecule has 1 aromatic rings. The van der Waals surface area contributed by atoms with Crippen molar-refractivity contribution in [2.45, 2.75) is 57.7 Å². The monoisotopic (exact) mass is 293 g/mol. The predicted molar refractivity (Wildman–Crippen MR) is 83.9 cm³/mol. The van der Waals surface area contributed by atoms with E-state index in [1.807, 2.05) is 32.0 Å². The molecule has 0 amide bonds. The molecule has 21 heavy (non-hydrogen) atoms. The van der Waals surface area contributed by atoms with Gasteiger partial charge in [0.05, 0.1) is 12.7 Å². The number of nitrogens with one attached hydrogen (secondary N) is 1. The van der Waals surface area contributed by atoms with Crippen molar-refractivity contribution in [2.24, 2.45) is 0 Å². The van der Waals surface area contributed by atoms with Crippen LogP contribution in [0.1, 0.15) is 45.1 Å². The van der Waals surface area contributed by atoms with Crippen LogP contribution in [0.4, 0.5) is 0 Å². The van der Waals surface area contributed by atoms with Crippen LogP contribution < -0.4 is 14.8 Å². The van der Waals surface area contributed by atoms with Gasteiger partial charge in [0, 0.05) is 18.2 Å². The zero-order valence-corrected chi connectivity index (χ0v) is 13.3. The first-order valence-corrected chi connectivity index (χ1v) is 7.86. The van der Waals surface area contributed by atoms with Crippen LogP contribution in [0.25, 0.3) is 0 Å². The summed E-state index contributed by atoms with van der Waals surface area (Å²) in [5, 5.41) is 13.9. The van der Waals surface area contributed by atoms with Crippen molar-refractivity contribution in [1.82, 2.24) is 5.32 Å². The van der Waals surface area contributed by atoms with E-state index in [9.17, 15) is 5.11 Å². The maximum atomic E-state index is 10.4.